The lowest BCUT2D eigenvalue weighted by atomic mass is 10.1. The van der Waals surface area contributed by atoms with Gasteiger partial charge in [-0.1, -0.05) is 28.9 Å². The van der Waals surface area contributed by atoms with Gasteiger partial charge in [0, 0.05) is 18.7 Å². The van der Waals surface area contributed by atoms with Gasteiger partial charge in [0.15, 0.2) is 6.29 Å². The average molecular weight is 334 g/mol. The van der Waals surface area contributed by atoms with E-state index >= 15 is 0 Å². The van der Waals surface area contributed by atoms with Gasteiger partial charge in [-0.15, -0.1) is 0 Å². The Labute approximate surface area is 122 Å². The monoisotopic (exact) mass is 333 g/mol. The van der Waals surface area contributed by atoms with E-state index in [0.717, 1.165) is 23.0 Å². The Bertz CT molecular complexity index is 386. The summed E-state index contributed by atoms with van der Waals surface area (Å²) in [5, 5.41) is 3.40. The number of methoxy groups -OCH3 is 2. The molecule has 0 fully saturated rings. The fraction of sp³-hybridized carbons (Fsp3) is 0.571. The lowest BCUT2D eigenvalue weighted by Gasteiger charge is -2.26. The Morgan fingerprint density at radius 2 is 2.00 bits per heavy atom. The fourth-order valence-corrected chi connectivity index (χ4v) is 2.46. The van der Waals surface area contributed by atoms with Crippen LogP contribution in [0.4, 0.5) is 4.39 Å². The van der Waals surface area contributed by atoms with Crippen molar-refractivity contribution in [1.82, 2.24) is 5.32 Å². The molecule has 0 aliphatic carbocycles. The molecule has 1 aromatic carbocycles. The van der Waals surface area contributed by atoms with E-state index in [2.05, 4.69) is 28.2 Å². The zero-order valence-electron chi connectivity index (χ0n) is 11.6. The van der Waals surface area contributed by atoms with Crippen molar-refractivity contribution in [1.29, 1.82) is 0 Å². The first-order valence-corrected chi connectivity index (χ1v) is 7.14. The smallest absolute Gasteiger partial charge is 0.172 e. The molecule has 1 rings (SSSR count). The first kappa shape index (κ1) is 16.6. The van der Waals surface area contributed by atoms with Gasteiger partial charge >= 0.3 is 0 Å². The van der Waals surface area contributed by atoms with Gasteiger partial charge in [0.1, 0.15) is 5.82 Å². The number of rotatable bonds is 8. The largest absolute Gasteiger partial charge is 0.354 e. The molecule has 1 N–H and O–H groups in total. The van der Waals surface area contributed by atoms with Crippen molar-refractivity contribution >= 4 is 15.9 Å². The highest BCUT2D eigenvalue weighted by Gasteiger charge is 2.21. The number of halogens is 2. The number of ether oxygens (including phenoxy) is 2. The van der Waals surface area contributed by atoms with Crippen molar-refractivity contribution in [2.45, 2.75) is 32.1 Å². The minimum Gasteiger partial charge on any atom is -0.354 e. The molecule has 0 saturated carbocycles. The lowest BCUT2D eigenvalue weighted by Crippen LogP contribution is -2.44. The molecule has 0 radical (unpaired) electrons. The van der Waals surface area contributed by atoms with Crippen molar-refractivity contribution in [3.8, 4) is 0 Å². The maximum atomic E-state index is 13.1. The topological polar surface area (TPSA) is 30.5 Å². The predicted molar refractivity (Wildman–Crippen MR) is 77.7 cm³/mol. The molecule has 0 spiro atoms. The predicted octanol–water partition coefficient (Wildman–Crippen LogP) is 3.12. The van der Waals surface area contributed by atoms with Gasteiger partial charge in [0.2, 0.25) is 0 Å². The van der Waals surface area contributed by atoms with Crippen LogP contribution >= 0.6 is 15.9 Å². The van der Waals surface area contributed by atoms with E-state index in [1.807, 2.05) is 0 Å². The Morgan fingerprint density at radius 3 is 2.53 bits per heavy atom. The number of hydrogen-bond acceptors (Lipinski definition) is 3. The average Bonchev–Trinajstić information content (AvgIpc) is 2.39. The molecule has 1 atom stereocenters. The molecule has 5 heteroatoms. The Hall–Kier alpha value is -0.490. The third kappa shape index (κ3) is 5.18. The zero-order chi connectivity index (χ0) is 14.3. The lowest BCUT2D eigenvalue weighted by molar-refractivity contribution is -0.122. The van der Waals surface area contributed by atoms with Crippen molar-refractivity contribution in [3.05, 3.63) is 34.1 Å². The number of nitrogens with one attached hydrogen (secondary N) is 1. The molecule has 0 bridgehead atoms. The molecule has 0 saturated heterocycles. The van der Waals surface area contributed by atoms with Crippen LogP contribution in [0.2, 0.25) is 0 Å². The summed E-state index contributed by atoms with van der Waals surface area (Å²) < 4.78 is 24.5. The third-order valence-corrected chi connectivity index (χ3v) is 3.64. The van der Waals surface area contributed by atoms with Crippen molar-refractivity contribution in [2.24, 2.45) is 0 Å². The highest BCUT2D eigenvalue weighted by molar-refractivity contribution is 9.10. The van der Waals surface area contributed by atoms with Gasteiger partial charge in [-0.25, -0.2) is 4.39 Å². The van der Waals surface area contributed by atoms with Gasteiger partial charge in [0.25, 0.3) is 0 Å². The minimum atomic E-state index is -0.330. The fourth-order valence-electron chi connectivity index (χ4n) is 1.94. The Morgan fingerprint density at radius 1 is 1.32 bits per heavy atom. The van der Waals surface area contributed by atoms with Crippen LogP contribution in [0.25, 0.3) is 0 Å². The van der Waals surface area contributed by atoms with Gasteiger partial charge in [-0.05, 0) is 37.1 Å². The molecule has 3 nitrogen and oxygen atoms in total. The second-order valence-corrected chi connectivity index (χ2v) is 5.19. The van der Waals surface area contributed by atoms with Crippen LogP contribution in [-0.4, -0.2) is 33.1 Å². The standard InChI is InChI=1S/C14H21BrFNO2/c1-4-7-17-13(14(18-2)19-3)8-10-5-6-11(16)9-12(10)15/h5-6,9,13-14,17H,4,7-8H2,1-3H3. The first-order valence-electron chi connectivity index (χ1n) is 6.35. The van der Waals surface area contributed by atoms with E-state index in [9.17, 15) is 4.39 Å². The van der Waals surface area contributed by atoms with Crippen molar-refractivity contribution < 1.29 is 13.9 Å². The van der Waals surface area contributed by atoms with Crippen LogP contribution in [0.5, 0.6) is 0 Å². The summed E-state index contributed by atoms with van der Waals surface area (Å²) >= 11 is 3.39. The number of benzene rings is 1. The molecule has 1 unspecified atom stereocenters. The maximum Gasteiger partial charge on any atom is 0.172 e. The summed E-state index contributed by atoms with van der Waals surface area (Å²) in [7, 11) is 3.24. The van der Waals surface area contributed by atoms with Crippen LogP contribution in [-0.2, 0) is 15.9 Å². The molecule has 0 aliphatic rings. The molecule has 108 valence electrons. The van der Waals surface area contributed by atoms with E-state index in [-0.39, 0.29) is 18.1 Å². The Kier molecular flexibility index (Phi) is 7.53. The van der Waals surface area contributed by atoms with Crippen LogP contribution in [0.3, 0.4) is 0 Å². The second-order valence-electron chi connectivity index (χ2n) is 4.34. The third-order valence-electron chi connectivity index (χ3n) is 2.90. The first-order chi connectivity index (χ1) is 9.12. The Balaban J connectivity index is 2.80. The normalized spacial score (nSPS) is 12.9. The summed E-state index contributed by atoms with van der Waals surface area (Å²) in [5.74, 6) is -0.247. The van der Waals surface area contributed by atoms with Crippen LogP contribution in [0, 0.1) is 5.82 Å². The molecule has 19 heavy (non-hydrogen) atoms. The molecule has 1 aromatic rings. The maximum absolute atomic E-state index is 13.1. The molecule has 0 aliphatic heterocycles. The van der Waals surface area contributed by atoms with Crippen LogP contribution in [0.15, 0.2) is 22.7 Å². The quantitative estimate of drug-likeness (QED) is 0.741. The highest BCUT2D eigenvalue weighted by atomic mass is 79.9. The van der Waals surface area contributed by atoms with Crippen molar-refractivity contribution in [2.75, 3.05) is 20.8 Å². The second kappa shape index (κ2) is 8.64. The number of hydrogen-bond donors (Lipinski definition) is 1. The van der Waals surface area contributed by atoms with Gasteiger partial charge < -0.3 is 14.8 Å². The van der Waals surface area contributed by atoms with Crippen LogP contribution in [0.1, 0.15) is 18.9 Å². The molecule has 0 amide bonds. The zero-order valence-corrected chi connectivity index (χ0v) is 13.2. The van der Waals surface area contributed by atoms with Crippen LogP contribution < -0.4 is 5.32 Å². The summed E-state index contributed by atoms with van der Waals surface area (Å²) in [4.78, 5) is 0. The van der Waals surface area contributed by atoms with E-state index in [1.54, 1.807) is 20.3 Å². The molecular weight excluding hydrogens is 313 g/mol. The van der Waals surface area contributed by atoms with Gasteiger partial charge in [-0.3, -0.25) is 0 Å². The molecule has 0 heterocycles. The van der Waals surface area contributed by atoms with E-state index in [4.69, 9.17) is 9.47 Å². The minimum absolute atomic E-state index is 0.0247. The van der Waals surface area contributed by atoms with E-state index in [0.29, 0.717) is 6.42 Å². The van der Waals surface area contributed by atoms with Gasteiger partial charge in [-0.2, -0.15) is 0 Å². The summed E-state index contributed by atoms with van der Waals surface area (Å²) in [6.45, 7) is 2.99. The highest BCUT2D eigenvalue weighted by Crippen LogP contribution is 2.20. The summed E-state index contributed by atoms with van der Waals surface area (Å²) in [6.07, 6.45) is 1.40. The molecular formula is C14H21BrFNO2. The summed E-state index contributed by atoms with van der Waals surface area (Å²) in [5.41, 5.74) is 1.02. The van der Waals surface area contributed by atoms with E-state index in [1.165, 1.54) is 12.1 Å². The summed E-state index contributed by atoms with van der Waals surface area (Å²) in [6, 6.07) is 4.74. The van der Waals surface area contributed by atoms with Gasteiger partial charge in [0.05, 0.1) is 6.04 Å². The van der Waals surface area contributed by atoms with E-state index < -0.39 is 0 Å². The van der Waals surface area contributed by atoms with Crippen molar-refractivity contribution in [3.63, 3.8) is 0 Å². The molecule has 0 aromatic heterocycles. The SMILES string of the molecule is CCCNC(Cc1ccc(F)cc1Br)C(OC)OC.